The van der Waals surface area contributed by atoms with Crippen molar-refractivity contribution in [1.82, 2.24) is 25.3 Å². The quantitative estimate of drug-likeness (QED) is 0.797. The van der Waals surface area contributed by atoms with E-state index >= 15 is 0 Å². The lowest BCUT2D eigenvalue weighted by atomic mass is 10.3. The van der Waals surface area contributed by atoms with E-state index < -0.39 is 0 Å². The third kappa shape index (κ3) is 3.75. The number of aromatic nitrogens is 2. The average molecular weight is 265 g/mol. The van der Waals surface area contributed by atoms with E-state index in [1.54, 1.807) is 0 Å². The van der Waals surface area contributed by atoms with Gasteiger partial charge in [-0.2, -0.15) is 4.98 Å². The van der Waals surface area contributed by atoms with E-state index in [0.29, 0.717) is 5.92 Å². The van der Waals surface area contributed by atoms with Gasteiger partial charge in [-0.1, -0.05) is 5.16 Å². The highest BCUT2D eigenvalue weighted by atomic mass is 16.5. The van der Waals surface area contributed by atoms with E-state index in [2.05, 4.69) is 32.3 Å². The second-order valence-electron chi connectivity index (χ2n) is 5.65. The highest BCUT2D eigenvalue weighted by molar-refractivity contribution is 5.01. The number of nitrogens with one attached hydrogen (secondary N) is 1. The van der Waals surface area contributed by atoms with Crippen LogP contribution in [0.5, 0.6) is 0 Å². The molecule has 106 valence electrons. The first-order valence-electron chi connectivity index (χ1n) is 7.25. The highest BCUT2D eigenvalue weighted by Gasteiger charge is 2.29. The Morgan fingerprint density at radius 3 is 2.89 bits per heavy atom. The molecule has 0 atom stereocenters. The van der Waals surface area contributed by atoms with E-state index in [1.807, 2.05) is 0 Å². The topological polar surface area (TPSA) is 57.4 Å². The molecule has 1 aliphatic carbocycles. The second kappa shape index (κ2) is 5.98. The summed E-state index contributed by atoms with van der Waals surface area (Å²) in [6.07, 6.45) is 2.42. The predicted molar refractivity (Wildman–Crippen MR) is 71.9 cm³/mol. The third-order valence-electron chi connectivity index (χ3n) is 3.83. The van der Waals surface area contributed by atoms with Crippen molar-refractivity contribution in [3.05, 3.63) is 11.7 Å². The fraction of sp³-hybridized carbons (Fsp3) is 0.846. The summed E-state index contributed by atoms with van der Waals surface area (Å²) >= 11 is 0. The Kier molecular flexibility index (Phi) is 4.10. The van der Waals surface area contributed by atoms with Gasteiger partial charge >= 0.3 is 0 Å². The molecule has 1 saturated heterocycles. The summed E-state index contributed by atoms with van der Waals surface area (Å²) in [5.41, 5.74) is 0. The summed E-state index contributed by atoms with van der Waals surface area (Å²) in [7, 11) is 2.12. The van der Waals surface area contributed by atoms with E-state index in [1.165, 1.54) is 12.8 Å². The first kappa shape index (κ1) is 13.0. The lowest BCUT2D eigenvalue weighted by molar-refractivity contribution is 0.200. The molecule has 2 aliphatic rings. The number of rotatable bonds is 6. The van der Waals surface area contributed by atoms with Gasteiger partial charge in [0.15, 0.2) is 5.82 Å². The van der Waals surface area contributed by atoms with Gasteiger partial charge in [0.25, 0.3) is 0 Å². The van der Waals surface area contributed by atoms with Crippen LogP contribution < -0.4 is 5.32 Å². The summed E-state index contributed by atoms with van der Waals surface area (Å²) in [6.45, 7) is 7.48. The summed E-state index contributed by atoms with van der Waals surface area (Å²) < 4.78 is 5.28. The highest BCUT2D eigenvalue weighted by Crippen LogP contribution is 2.38. The number of nitrogens with zero attached hydrogens (tertiary/aromatic N) is 4. The van der Waals surface area contributed by atoms with E-state index in [-0.39, 0.29) is 0 Å². The molecule has 0 aromatic carbocycles. The van der Waals surface area contributed by atoms with Crippen molar-refractivity contribution in [2.45, 2.75) is 25.3 Å². The van der Waals surface area contributed by atoms with E-state index in [9.17, 15) is 0 Å². The molecule has 0 spiro atoms. The number of piperazine rings is 1. The Hall–Kier alpha value is -0.980. The zero-order valence-corrected chi connectivity index (χ0v) is 11.6. The van der Waals surface area contributed by atoms with Crippen LogP contribution in [0.25, 0.3) is 0 Å². The molecule has 6 nitrogen and oxygen atoms in total. The van der Waals surface area contributed by atoms with Crippen molar-refractivity contribution in [2.75, 3.05) is 46.3 Å². The van der Waals surface area contributed by atoms with Crippen molar-refractivity contribution in [3.8, 4) is 0 Å². The Morgan fingerprint density at radius 1 is 1.37 bits per heavy atom. The molecule has 1 N–H and O–H groups in total. The zero-order valence-electron chi connectivity index (χ0n) is 11.6. The molecule has 1 aliphatic heterocycles. The van der Waals surface area contributed by atoms with E-state index in [0.717, 1.165) is 57.5 Å². The Morgan fingerprint density at radius 2 is 2.16 bits per heavy atom. The monoisotopic (exact) mass is 265 g/mol. The standard InChI is InChI=1S/C13H23N5O/c1-17(8-9-18-6-4-14-5-7-18)10-12-15-13(19-16-12)11-2-3-11/h11,14H,2-10H2,1H3. The number of hydrogen-bond acceptors (Lipinski definition) is 6. The molecular formula is C13H23N5O. The zero-order chi connectivity index (χ0) is 13.1. The molecular weight excluding hydrogens is 242 g/mol. The molecule has 0 amide bonds. The molecule has 0 unspecified atom stereocenters. The third-order valence-corrected chi connectivity index (χ3v) is 3.83. The van der Waals surface area contributed by atoms with Gasteiger partial charge in [-0.3, -0.25) is 9.80 Å². The maximum atomic E-state index is 5.28. The van der Waals surface area contributed by atoms with Crippen LogP contribution in [-0.4, -0.2) is 66.3 Å². The second-order valence-corrected chi connectivity index (χ2v) is 5.65. The molecule has 1 aromatic rings. The summed E-state index contributed by atoms with van der Waals surface area (Å²) in [4.78, 5) is 9.23. The maximum Gasteiger partial charge on any atom is 0.229 e. The summed E-state index contributed by atoms with van der Waals surface area (Å²) in [5, 5.41) is 7.43. The number of hydrogen-bond donors (Lipinski definition) is 1. The van der Waals surface area contributed by atoms with Gasteiger partial charge < -0.3 is 9.84 Å². The smallest absolute Gasteiger partial charge is 0.229 e. The number of likely N-dealkylation sites (N-methyl/N-ethyl adjacent to an activating group) is 1. The summed E-state index contributed by atoms with van der Waals surface area (Å²) in [5.74, 6) is 2.21. The van der Waals surface area contributed by atoms with Crippen LogP contribution in [0.3, 0.4) is 0 Å². The van der Waals surface area contributed by atoms with Crippen LogP contribution in [0.1, 0.15) is 30.5 Å². The van der Waals surface area contributed by atoms with Crippen molar-refractivity contribution in [1.29, 1.82) is 0 Å². The molecule has 1 aromatic heterocycles. The molecule has 1 saturated carbocycles. The molecule has 2 heterocycles. The van der Waals surface area contributed by atoms with Crippen molar-refractivity contribution >= 4 is 0 Å². The lowest BCUT2D eigenvalue weighted by Crippen LogP contribution is -2.45. The van der Waals surface area contributed by atoms with Crippen LogP contribution in [-0.2, 0) is 6.54 Å². The van der Waals surface area contributed by atoms with Crippen LogP contribution in [0.15, 0.2) is 4.52 Å². The summed E-state index contributed by atoms with van der Waals surface area (Å²) in [6, 6.07) is 0. The van der Waals surface area contributed by atoms with Crippen molar-refractivity contribution < 1.29 is 4.52 Å². The fourth-order valence-electron chi connectivity index (χ4n) is 2.40. The van der Waals surface area contributed by atoms with Crippen LogP contribution in [0, 0.1) is 0 Å². The SMILES string of the molecule is CN(CCN1CCNCC1)Cc1noc(C2CC2)n1. The van der Waals surface area contributed by atoms with Gasteiger partial charge in [0, 0.05) is 45.2 Å². The molecule has 3 rings (SSSR count). The largest absolute Gasteiger partial charge is 0.339 e. The molecule has 6 heteroatoms. The molecule has 0 radical (unpaired) electrons. The van der Waals surface area contributed by atoms with Crippen LogP contribution in [0.2, 0.25) is 0 Å². The van der Waals surface area contributed by atoms with Crippen LogP contribution in [0.4, 0.5) is 0 Å². The normalized spacial score (nSPS) is 21.2. The molecule has 2 fully saturated rings. The minimum absolute atomic E-state index is 0.549. The van der Waals surface area contributed by atoms with Gasteiger partial charge in [0.2, 0.25) is 5.89 Å². The lowest BCUT2D eigenvalue weighted by Gasteiger charge is -2.28. The maximum absolute atomic E-state index is 5.28. The predicted octanol–water partition coefficient (Wildman–Crippen LogP) is 0.284. The van der Waals surface area contributed by atoms with Crippen LogP contribution >= 0.6 is 0 Å². The fourth-order valence-corrected chi connectivity index (χ4v) is 2.40. The van der Waals surface area contributed by atoms with Gasteiger partial charge in [0.05, 0.1) is 6.54 Å². The first-order chi connectivity index (χ1) is 9.31. The first-order valence-corrected chi connectivity index (χ1v) is 7.25. The Balaban J connectivity index is 1.40. The minimum atomic E-state index is 0.549. The molecule has 19 heavy (non-hydrogen) atoms. The van der Waals surface area contributed by atoms with Gasteiger partial charge in [0.1, 0.15) is 0 Å². The minimum Gasteiger partial charge on any atom is -0.339 e. The van der Waals surface area contributed by atoms with Gasteiger partial charge in [-0.25, -0.2) is 0 Å². The van der Waals surface area contributed by atoms with Crippen molar-refractivity contribution in [2.24, 2.45) is 0 Å². The average Bonchev–Trinajstić information content (AvgIpc) is 3.19. The Labute approximate surface area is 114 Å². The van der Waals surface area contributed by atoms with E-state index in [4.69, 9.17) is 4.52 Å². The van der Waals surface area contributed by atoms with Gasteiger partial charge in [-0.05, 0) is 19.9 Å². The van der Waals surface area contributed by atoms with Crippen molar-refractivity contribution in [3.63, 3.8) is 0 Å². The van der Waals surface area contributed by atoms with Gasteiger partial charge in [-0.15, -0.1) is 0 Å². The molecule has 0 bridgehead atoms. The Bertz CT molecular complexity index is 397.